The minimum absolute atomic E-state index is 0. The summed E-state index contributed by atoms with van der Waals surface area (Å²) in [5.41, 5.74) is 10.5. The number of rotatable bonds is 6. The second-order valence-electron chi connectivity index (χ2n) is 11.9. The Bertz CT molecular complexity index is 2070. The summed E-state index contributed by atoms with van der Waals surface area (Å²) in [6.07, 6.45) is 3.65. The number of hydrogen-bond acceptors (Lipinski definition) is 4. The van der Waals surface area contributed by atoms with E-state index in [1.807, 2.05) is 22.9 Å². The van der Waals surface area contributed by atoms with Crippen molar-refractivity contribution >= 4 is 27.8 Å². The maximum atomic E-state index is 9.83. The molecule has 0 amide bonds. The summed E-state index contributed by atoms with van der Waals surface area (Å²) < 4.78 is 8.47. The molecule has 0 saturated heterocycles. The van der Waals surface area contributed by atoms with Crippen LogP contribution in [0.1, 0.15) is 81.7 Å². The fourth-order valence-electron chi connectivity index (χ4n) is 5.70. The fraction of sp³-hybridized carbons (Fsp3) is 0.243. The largest absolute Gasteiger partial charge is 0.454 e. The Morgan fingerprint density at radius 3 is 2.32 bits per heavy atom. The van der Waals surface area contributed by atoms with Crippen molar-refractivity contribution in [1.29, 1.82) is 5.26 Å². The van der Waals surface area contributed by atoms with Crippen molar-refractivity contribution in [3.63, 3.8) is 0 Å². The summed E-state index contributed by atoms with van der Waals surface area (Å²) in [6, 6.07) is 23.5. The molecule has 0 unspecified atom stereocenters. The summed E-state index contributed by atoms with van der Waals surface area (Å²) in [6.45, 7) is 20.6. The van der Waals surface area contributed by atoms with E-state index in [2.05, 4.69) is 87.8 Å². The maximum absolute atomic E-state index is 9.83. The Labute approximate surface area is 271 Å². The summed E-state index contributed by atoms with van der Waals surface area (Å²) in [5, 5.41) is 10.9. The number of furan rings is 1. The Morgan fingerprint density at radius 1 is 0.955 bits per heavy atom. The van der Waals surface area contributed by atoms with E-state index in [4.69, 9.17) is 16.0 Å². The van der Waals surface area contributed by atoms with Crippen LogP contribution in [-0.2, 0) is 20.1 Å². The first-order valence-electron chi connectivity index (χ1n) is 14.6. The van der Waals surface area contributed by atoms with Crippen LogP contribution in [0.4, 0.5) is 5.69 Å². The molecule has 0 spiro atoms. The first kappa shape index (κ1) is 30.9. The van der Waals surface area contributed by atoms with E-state index in [-0.39, 0.29) is 31.9 Å². The molecule has 1 radical (unpaired) electrons. The summed E-state index contributed by atoms with van der Waals surface area (Å²) in [5.74, 6) is 1.31. The number of fused-ring (bicyclic) bond motifs is 3. The monoisotopic (exact) mass is 755 g/mol. The Balaban J connectivity index is 0.00000384. The zero-order chi connectivity index (χ0) is 30.4. The standard InChI is InChI=1S/C37H32N5O.Ir/c1-21(2)24-11-12-33-32(16-24)34-36(43-33)29(13-14-40-34)26-17-30(22(3)4)35(31(18-26)23(5)6)42-20-28(19-38)41-37(42)25-9-8-10-27(15-25)39-7;/h8,10-18,20-23H,1-6H3;/q-1;. The van der Waals surface area contributed by atoms with Gasteiger partial charge in [0, 0.05) is 49.1 Å². The number of pyridine rings is 1. The minimum Gasteiger partial charge on any atom is -0.454 e. The van der Waals surface area contributed by atoms with Crippen LogP contribution < -0.4 is 0 Å². The second kappa shape index (κ2) is 12.2. The Kier molecular flexibility index (Phi) is 8.57. The molecule has 6 rings (SSSR count). The Morgan fingerprint density at radius 2 is 1.68 bits per heavy atom. The van der Waals surface area contributed by atoms with E-state index >= 15 is 0 Å². The van der Waals surface area contributed by atoms with E-state index in [0.717, 1.165) is 50.0 Å². The molecule has 0 fully saturated rings. The van der Waals surface area contributed by atoms with E-state index in [9.17, 15) is 5.26 Å². The average Bonchev–Trinajstić information content (AvgIpc) is 3.61. The zero-order valence-electron chi connectivity index (χ0n) is 25.6. The van der Waals surface area contributed by atoms with Crippen LogP contribution in [0, 0.1) is 24.0 Å². The summed E-state index contributed by atoms with van der Waals surface area (Å²) >= 11 is 0. The normalized spacial score (nSPS) is 11.3. The molecule has 0 saturated carbocycles. The second-order valence-corrected chi connectivity index (χ2v) is 11.9. The molecule has 3 aromatic carbocycles. The molecule has 44 heavy (non-hydrogen) atoms. The van der Waals surface area contributed by atoms with Gasteiger partial charge in [0.25, 0.3) is 0 Å². The average molecular weight is 755 g/mol. The predicted molar refractivity (Wildman–Crippen MR) is 172 cm³/mol. The van der Waals surface area contributed by atoms with Crippen molar-refractivity contribution in [3.8, 4) is 34.3 Å². The van der Waals surface area contributed by atoms with E-state index in [1.165, 1.54) is 5.56 Å². The SMILES string of the molecule is [C-]#[N+]c1cc[c-]c(-c2nc(C#N)cn2-c2c(C(C)C)cc(-c3ccnc4c3oc3ccc(C(C)C)cc34)cc2C(C)C)c1.[Ir]. The third kappa shape index (κ3) is 5.35. The van der Waals surface area contributed by atoms with E-state index in [0.29, 0.717) is 28.7 Å². The van der Waals surface area contributed by atoms with Crippen molar-refractivity contribution in [2.24, 2.45) is 0 Å². The van der Waals surface area contributed by atoms with Gasteiger partial charge in [0.05, 0.1) is 12.4 Å². The third-order valence-corrected chi connectivity index (χ3v) is 7.98. The summed E-state index contributed by atoms with van der Waals surface area (Å²) in [7, 11) is 0. The van der Waals surface area contributed by atoms with Crippen LogP contribution in [0.15, 0.2) is 71.4 Å². The van der Waals surface area contributed by atoms with Gasteiger partial charge in [0.15, 0.2) is 5.58 Å². The predicted octanol–water partition coefficient (Wildman–Crippen LogP) is 10.1. The molecule has 6 nitrogen and oxygen atoms in total. The van der Waals surface area contributed by atoms with Gasteiger partial charge >= 0.3 is 0 Å². The fourth-order valence-corrected chi connectivity index (χ4v) is 5.70. The first-order valence-corrected chi connectivity index (χ1v) is 14.6. The van der Waals surface area contributed by atoms with Crippen LogP contribution >= 0.6 is 0 Å². The molecular weight excluding hydrogens is 723 g/mol. The van der Waals surface area contributed by atoms with E-state index in [1.54, 1.807) is 24.4 Å². The number of aromatic nitrogens is 3. The van der Waals surface area contributed by atoms with Crippen molar-refractivity contribution in [2.45, 2.75) is 59.3 Å². The van der Waals surface area contributed by atoms with Crippen molar-refractivity contribution in [1.82, 2.24) is 14.5 Å². The number of nitrogens with zero attached hydrogens (tertiary/aromatic N) is 5. The van der Waals surface area contributed by atoms with Gasteiger partial charge in [0.1, 0.15) is 28.6 Å². The van der Waals surface area contributed by atoms with Gasteiger partial charge in [-0.3, -0.25) is 14.8 Å². The van der Waals surface area contributed by atoms with Gasteiger partial charge in [-0.25, -0.2) is 0 Å². The van der Waals surface area contributed by atoms with Gasteiger partial charge in [-0.15, -0.1) is 23.8 Å². The van der Waals surface area contributed by atoms with Crippen LogP contribution in [0.5, 0.6) is 0 Å². The van der Waals surface area contributed by atoms with Crippen molar-refractivity contribution in [3.05, 3.63) is 107 Å². The third-order valence-electron chi connectivity index (χ3n) is 7.98. The molecule has 0 N–H and O–H groups in total. The van der Waals surface area contributed by atoms with Crippen LogP contribution in [0.3, 0.4) is 0 Å². The Hall–Kier alpha value is -4.55. The molecule has 3 aromatic heterocycles. The number of imidazole rings is 1. The number of hydrogen-bond donors (Lipinski definition) is 0. The molecule has 0 aliphatic carbocycles. The summed E-state index contributed by atoms with van der Waals surface area (Å²) in [4.78, 5) is 13.0. The molecule has 0 aliphatic heterocycles. The molecule has 0 atom stereocenters. The molecule has 7 heteroatoms. The van der Waals surface area contributed by atoms with Crippen molar-refractivity contribution in [2.75, 3.05) is 0 Å². The molecule has 6 aromatic rings. The molecule has 221 valence electrons. The molecular formula is C37H32IrN5O-. The quantitative estimate of drug-likeness (QED) is 0.159. The molecule has 0 aliphatic rings. The minimum atomic E-state index is 0. The van der Waals surface area contributed by atoms with Gasteiger partial charge in [-0.2, -0.15) is 11.3 Å². The van der Waals surface area contributed by atoms with Gasteiger partial charge < -0.3 is 8.98 Å². The zero-order valence-corrected chi connectivity index (χ0v) is 28.0. The van der Waals surface area contributed by atoms with Crippen molar-refractivity contribution < 1.29 is 24.5 Å². The first-order chi connectivity index (χ1) is 20.7. The topological polar surface area (TPSA) is 72.0 Å². The molecule has 3 heterocycles. The van der Waals surface area contributed by atoms with Gasteiger partial charge in [0.2, 0.25) is 0 Å². The van der Waals surface area contributed by atoms with Gasteiger partial charge in [-0.05, 0) is 70.3 Å². The van der Waals surface area contributed by atoms with Crippen LogP contribution in [0.25, 0.3) is 55.1 Å². The van der Waals surface area contributed by atoms with E-state index < -0.39 is 0 Å². The molecule has 0 bridgehead atoms. The van der Waals surface area contributed by atoms with Crippen LogP contribution in [0.2, 0.25) is 0 Å². The maximum Gasteiger partial charge on any atom is 0.161 e. The number of nitriles is 1. The van der Waals surface area contributed by atoms with Gasteiger partial charge in [-0.1, -0.05) is 47.6 Å². The van der Waals surface area contributed by atoms with Crippen LogP contribution in [-0.4, -0.2) is 14.5 Å². The smallest absolute Gasteiger partial charge is 0.161 e. The number of benzene rings is 3.